The Morgan fingerprint density at radius 1 is 1.31 bits per heavy atom. The largest absolute Gasteiger partial charge is 0.379 e. The van der Waals surface area contributed by atoms with E-state index in [0.29, 0.717) is 6.04 Å². The minimum absolute atomic E-state index is 0.101. The normalized spacial score (nSPS) is 13.8. The molecule has 0 saturated carbocycles. The fourth-order valence-electron chi connectivity index (χ4n) is 1.92. The molecule has 16 heavy (non-hydrogen) atoms. The standard InChI is InChI=1S/C14H23NO/c1-11-8-6-7-9-12(11)13(15-4)10-14(2,3)16-5/h6-9,13,15H,10H2,1-5H3. The molecule has 1 aromatic carbocycles. The van der Waals surface area contributed by atoms with Crippen molar-refractivity contribution in [1.82, 2.24) is 5.32 Å². The predicted octanol–water partition coefficient (Wildman–Crippen LogP) is 3.07. The lowest BCUT2D eigenvalue weighted by Gasteiger charge is -2.29. The first kappa shape index (κ1) is 13.2. The van der Waals surface area contributed by atoms with Gasteiger partial charge in [0.2, 0.25) is 0 Å². The van der Waals surface area contributed by atoms with Crippen LogP contribution >= 0.6 is 0 Å². The first-order valence-corrected chi connectivity index (χ1v) is 5.78. The van der Waals surface area contributed by atoms with E-state index in [1.807, 2.05) is 7.05 Å². The van der Waals surface area contributed by atoms with Crippen molar-refractivity contribution in [3.05, 3.63) is 35.4 Å². The molecular formula is C14H23NO. The Kier molecular flexibility index (Phi) is 4.51. The number of aryl methyl sites for hydroxylation is 1. The second kappa shape index (κ2) is 5.46. The second-order valence-corrected chi connectivity index (χ2v) is 4.87. The molecule has 1 unspecified atom stereocenters. The summed E-state index contributed by atoms with van der Waals surface area (Å²) in [6, 6.07) is 8.84. The summed E-state index contributed by atoms with van der Waals surface area (Å²) in [5.41, 5.74) is 2.58. The van der Waals surface area contributed by atoms with Gasteiger partial charge in [-0.15, -0.1) is 0 Å². The molecule has 1 atom stereocenters. The van der Waals surface area contributed by atoms with Crippen molar-refractivity contribution in [2.24, 2.45) is 0 Å². The SMILES string of the molecule is CNC(CC(C)(C)OC)c1ccccc1C. The second-order valence-electron chi connectivity index (χ2n) is 4.87. The van der Waals surface area contributed by atoms with Crippen molar-refractivity contribution in [2.45, 2.75) is 38.8 Å². The first-order valence-electron chi connectivity index (χ1n) is 5.78. The van der Waals surface area contributed by atoms with Crippen LogP contribution in [-0.2, 0) is 4.74 Å². The average molecular weight is 221 g/mol. The van der Waals surface area contributed by atoms with E-state index in [1.165, 1.54) is 11.1 Å². The Labute approximate surface area is 99.0 Å². The van der Waals surface area contributed by atoms with E-state index in [9.17, 15) is 0 Å². The third kappa shape index (κ3) is 3.32. The molecule has 0 spiro atoms. The molecule has 0 aliphatic heterocycles. The van der Waals surface area contributed by atoms with Crippen molar-refractivity contribution >= 4 is 0 Å². The molecule has 2 heteroatoms. The van der Waals surface area contributed by atoms with Gasteiger partial charge in [-0.2, -0.15) is 0 Å². The van der Waals surface area contributed by atoms with Gasteiger partial charge in [0.05, 0.1) is 5.60 Å². The molecule has 0 aromatic heterocycles. The van der Waals surface area contributed by atoms with Gasteiger partial charge in [0.15, 0.2) is 0 Å². The summed E-state index contributed by atoms with van der Waals surface area (Å²) in [5.74, 6) is 0. The van der Waals surface area contributed by atoms with Crippen LogP contribution in [0, 0.1) is 6.92 Å². The molecule has 0 bridgehead atoms. The molecule has 90 valence electrons. The summed E-state index contributed by atoms with van der Waals surface area (Å²) in [5, 5.41) is 3.37. The van der Waals surface area contributed by atoms with Crippen LogP contribution in [0.2, 0.25) is 0 Å². The maximum atomic E-state index is 5.49. The van der Waals surface area contributed by atoms with Crippen LogP contribution in [0.25, 0.3) is 0 Å². The Morgan fingerprint density at radius 3 is 2.44 bits per heavy atom. The third-order valence-electron chi connectivity index (χ3n) is 3.16. The zero-order valence-corrected chi connectivity index (χ0v) is 11.0. The van der Waals surface area contributed by atoms with Crippen molar-refractivity contribution in [1.29, 1.82) is 0 Å². The highest BCUT2D eigenvalue weighted by Gasteiger charge is 2.23. The van der Waals surface area contributed by atoms with Gasteiger partial charge in [0.1, 0.15) is 0 Å². The topological polar surface area (TPSA) is 21.3 Å². The number of hydrogen-bond donors (Lipinski definition) is 1. The monoisotopic (exact) mass is 221 g/mol. The molecule has 0 aliphatic rings. The quantitative estimate of drug-likeness (QED) is 0.825. The lowest BCUT2D eigenvalue weighted by molar-refractivity contribution is 0.00740. The van der Waals surface area contributed by atoms with Crippen molar-refractivity contribution < 1.29 is 4.74 Å². The third-order valence-corrected chi connectivity index (χ3v) is 3.16. The molecule has 0 amide bonds. The van der Waals surface area contributed by atoms with Gasteiger partial charge in [0, 0.05) is 13.2 Å². The van der Waals surface area contributed by atoms with Crippen molar-refractivity contribution in [2.75, 3.05) is 14.2 Å². The molecule has 0 fully saturated rings. The van der Waals surface area contributed by atoms with Crippen LogP contribution in [0.1, 0.15) is 37.4 Å². The molecule has 1 aromatic rings. The first-order chi connectivity index (χ1) is 7.50. The fourth-order valence-corrected chi connectivity index (χ4v) is 1.92. The molecule has 1 rings (SSSR count). The van der Waals surface area contributed by atoms with E-state index in [0.717, 1.165) is 6.42 Å². The van der Waals surface area contributed by atoms with Gasteiger partial charge >= 0.3 is 0 Å². The summed E-state index contributed by atoms with van der Waals surface area (Å²) in [6.07, 6.45) is 0.963. The maximum absolute atomic E-state index is 5.49. The number of ether oxygens (including phenoxy) is 1. The number of benzene rings is 1. The van der Waals surface area contributed by atoms with Crippen LogP contribution in [0.15, 0.2) is 24.3 Å². The number of methoxy groups -OCH3 is 1. The summed E-state index contributed by atoms with van der Waals surface area (Å²) in [4.78, 5) is 0. The van der Waals surface area contributed by atoms with E-state index in [1.54, 1.807) is 7.11 Å². The highest BCUT2D eigenvalue weighted by Crippen LogP contribution is 2.27. The van der Waals surface area contributed by atoms with Gasteiger partial charge in [-0.25, -0.2) is 0 Å². The van der Waals surface area contributed by atoms with Crippen LogP contribution < -0.4 is 5.32 Å². The lowest BCUT2D eigenvalue weighted by Crippen LogP contribution is -2.30. The van der Waals surface area contributed by atoms with E-state index in [-0.39, 0.29) is 5.60 Å². The Morgan fingerprint density at radius 2 is 1.94 bits per heavy atom. The van der Waals surface area contributed by atoms with Crippen LogP contribution in [0.4, 0.5) is 0 Å². The van der Waals surface area contributed by atoms with Gasteiger partial charge in [-0.1, -0.05) is 24.3 Å². The van der Waals surface area contributed by atoms with Gasteiger partial charge in [0.25, 0.3) is 0 Å². The lowest BCUT2D eigenvalue weighted by atomic mass is 9.91. The Bertz CT molecular complexity index is 333. The fraction of sp³-hybridized carbons (Fsp3) is 0.571. The van der Waals surface area contributed by atoms with E-state index in [2.05, 4.69) is 50.4 Å². The number of nitrogens with one attached hydrogen (secondary N) is 1. The van der Waals surface area contributed by atoms with Crippen LogP contribution in [0.5, 0.6) is 0 Å². The summed E-state index contributed by atoms with van der Waals surface area (Å²) < 4.78 is 5.49. The van der Waals surface area contributed by atoms with Crippen LogP contribution in [-0.4, -0.2) is 19.8 Å². The minimum Gasteiger partial charge on any atom is -0.379 e. The van der Waals surface area contributed by atoms with Crippen molar-refractivity contribution in [3.63, 3.8) is 0 Å². The molecular weight excluding hydrogens is 198 g/mol. The zero-order chi connectivity index (χ0) is 12.2. The summed E-state index contributed by atoms with van der Waals surface area (Å²) in [6.45, 7) is 6.39. The Hall–Kier alpha value is -0.860. The molecule has 0 saturated heterocycles. The number of hydrogen-bond acceptors (Lipinski definition) is 2. The minimum atomic E-state index is -0.101. The van der Waals surface area contributed by atoms with Gasteiger partial charge in [-0.05, 0) is 45.4 Å². The van der Waals surface area contributed by atoms with Gasteiger partial charge < -0.3 is 10.1 Å². The number of rotatable bonds is 5. The molecule has 1 N–H and O–H groups in total. The highest BCUT2D eigenvalue weighted by molar-refractivity contribution is 5.28. The molecule has 2 nitrogen and oxygen atoms in total. The summed E-state index contributed by atoms with van der Waals surface area (Å²) >= 11 is 0. The van der Waals surface area contributed by atoms with E-state index < -0.39 is 0 Å². The average Bonchev–Trinajstić information content (AvgIpc) is 2.27. The molecule has 0 heterocycles. The zero-order valence-electron chi connectivity index (χ0n) is 11.0. The smallest absolute Gasteiger partial charge is 0.0640 e. The Balaban J connectivity index is 2.87. The van der Waals surface area contributed by atoms with Crippen molar-refractivity contribution in [3.8, 4) is 0 Å². The van der Waals surface area contributed by atoms with E-state index >= 15 is 0 Å². The molecule has 0 radical (unpaired) electrons. The molecule has 0 aliphatic carbocycles. The predicted molar refractivity (Wildman–Crippen MR) is 68.7 cm³/mol. The van der Waals surface area contributed by atoms with Crippen LogP contribution in [0.3, 0.4) is 0 Å². The summed E-state index contributed by atoms with van der Waals surface area (Å²) in [7, 11) is 3.77. The van der Waals surface area contributed by atoms with Gasteiger partial charge in [-0.3, -0.25) is 0 Å². The highest BCUT2D eigenvalue weighted by atomic mass is 16.5. The van der Waals surface area contributed by atoms with E-state index in [4.69, 9.17) is 4.74 Å². The maximum Gasteiger partial charge on any atom is 0.0640 e.